The van der Waals surface area contributed by atoms with Crippen molar-refractivity contribution in [2.45, 2.75) is 31.2 Å². The molecule has 0 spiro atoms. The number of benzene rings is 2. The van der Waals surface area contributed by atoms with Crippen LogP contribution in [0.5, 0.6) is 0 Å². The van der Waals surface area contributed by atoms with Crippen LogP contribution in [0.4, 0.5) is 11.4 Å². The highest BCUT2D eigenvalue weighted by Crippen LogP contribution is 2.36. The van der Waals surface area contributed by atoms with E-state index in [1.54, 1.807) is 6.07 Å². The Hall–Kier alpha value is -1.95. The number of amides is 1. The highest BCUT2D eigenvalue weighted by molar-refractivity contribution is 6.54. The molecule has 0 fully saturated rings. The molecule has 2 aromatic carbocycles. The molecule has 1 N–H and O–H groups in total. The summed E-state index contributed by atoms with van der Waals surface area (Å²) in [4.78, 5) is 18.6. The minimum Gasteiger partial charge on any atom is -0.387 e. The lowest BCUT2D eigenvalue weighted by Gasteiger charge is -2.24. The van der Waals surface area contributed by atoms with Crippen LogP contribution in [-0.4, -0.2) is 29.5 Å². The molecule has 0 saturated carbocycles. The van der Waals surface area contributed by atoms with E-state index in [0.717, 1.165) is 35.6 Å². The van der Waals surface area contributed by atoms with Gasteiger partial charge in [0.05, 0.1) is 10.7 Å². The van der Waals surface area contributed by atoms with Crippen LogP contribution >= 0.6 is 34.8 Å². The van der Waals surface area contributed by atoms with Crippen molar-refractivity contribution in [2.24, 2.45) is 5.16 Å². The molecule has 1 atom stereocenters. The summed E-state index contributed by atoms with van der Waals surface area (Å²) in [6.07, 6.45) is 0.300. The summed E-state index contributed by atoms with van der Waals surface area (Å²) in [6, 6.07) is 13.2. The molecule has 3 rings (SSSR count). The molecule has 1 aliphatic rings. The second-order valence-corrected chi connectivity index (χ2v) is 8.06. The number of carbonyl (C=O) groups is 1. The van der Waals surface area contributed by atoms with Gasteiger partial charge < -0.3 is 15.1 Å². The molecule has 1 amide bonds. The molecular formula is C21H22Cl3N3O2. The van der Waals surface area contributed by atoms with E-state index in [1.807, 2.05) is 30.3 Å². The number of hydrogen-bond donors (Lipinski definition) is 1. The highest BCUT2D eigenvalue weighted by Gasteiger charge is 2.28. The molecule has 8 heteroatoms. The van der Waals surface area contributed by atoms with E-state index in [4.69, 9.17) is 39.6 Å². The van der Waals surface area contributed by atoms with Crippen molar-refractivity contribution in [3.63, 3.8) is 0 Å². The second kappa shape index (κ2) is 9.70. The minimum atomic E-state index is -1.13. The van der Waals surface area contributed by atoms with E-state index in [2.05, 4.69) is 35.3 Å². The first-order valence-corrected chi connectivity index (χ1v) is 10.6. The maximum Gasteiger partial charge on any atom is 0.257 e. The standard InChI is InChI=1S/C21H22Cl3N3O2/c1-3-27(4-2)17-10-6-9-15(22)19(17)16-12-18(29-26-16)13-7-5-8-14(11-13)25-21(28)20(23)24/h5-11,18,20H,3-4,12H2,1-2H3,(H,25,28). The van der Waals surface area contributed by atoms with Gasteiger partial charge in [0.1, 0.15) is 0 Å². The van der Waals surface area contributed by atoms with Crippen molar-refractivity contribution >= 4 is 57.8 Å². The number of hydrogen-bond acceptors (Lipinski definition) is 4. The summed E-state index contributed by atoms with van der Waals surface area (Å²) >= 11 is 17.7. The lowest BCUT2D eigenvalue weighted by Crippen LogP contribution is -2.24. The monoisotopic (exact) mass is 453 g/mol. The van der Waals surface area contributed by atoms with E-state index >= 15 is 0 Å². The SMILES string of the molecule is CCN(CC)c1cccc(Cl)c1C1=NOC(c2cccc(NC(=O)C(Cl)Cl)c2)C1. The third-order valence-electron chi connectivity index (χ3n) is 4.78. The van der Waals surface area contributed by atoms with E-state index in [9.17, 15) is 4.79 Å². The molecule has 1 heterocycles. The average molecular weight is 455 g/mol. The van der Waals surface area contributed by atoms with Crippen molar-refractivity contribution in [1.82, 2.24) is 0 Å². The largest absolute Gasteiger partial charge is 0.387 e. The van der Waals surface area contributed by atoms with Gasteiger partial charge in [0.25, 0.3) is 5.91 Å². The Morgan fingerprint density at radius 2 is 1.97 bits per heavy atom. The predicted molar refractivity (Wildman–Crippen MR) is 121 cm³/mol. The van der Waals surface area contributed by atoms with E-state index in [1.165, 1.54) is 0 Å². The maximum absolute atomic E-state index is 11.7. The third-order valence-corrected chi connectivity index (χ3v) is 5.49. The first kappa shape index (κ1) is 21.8. The molecule has 0 radical (unpaired) electrons. The number of rotatable bonds is 7. The minimum absolute atomic E-state index is 0.273. The Bertz CT molecular complexity index is 914. The molecule has 1 aliphatic heterocycles. The van der Waals surface area contributed by atoms with Gasteiger partial charge in [-0.1, -0.05) is 58.2 Å². The number of nitrogens with one attached hydrogen (secondary N) is 1. The van der Waals surface area contributed by atoms with Gasteiger partial charge in [-0.2, -0.15) is 0 Å². The quantitative estimate of drug-likeness (QED) is 0.538. The molecule has 0 aromatic heterocycles. The summed E-state index contributed by atoms with van der Waals surface area (Å²) in [5, 5.41) is 7.65. The lowest BCUT2D eigenvalue weighted by molar-refractivity contribution is -0.114. The fourth-order valence-electron chi connectivity index (χ4n) is 3.34. The number of alkyl halides is 2. The smallest absolute Gasteiger partial charge is 0.257 e. The first-order chi connectivity index (χ1) is 13.9. The van der Waals surface area contributed by atoms with Gasteiger partial charge in [-0.25, -0.2) is 0 Å². The van der Waals surface area contributed by atoms with Crippen molar-refractivity contribution in [3.05, 3.63) is 58.6 Å². The highest BCUT2D eigenvalue weighted by atomic mass is 35.5. The topological polar surface area (TPSA) is 53.9 Å². The zero-order valence-corrected chi connectivity index (χ0v) is 18.4. The van der Waals surface area contributed by atoms with Crippen LogP contribution in [0.2, 0.25) is 5.02 Å². The second-order valence-electron chi connectivity index (χ2n) is 6.56. The average Bonchev–Trinajstić information content (AvgIpc) is 3.19. The first-order valence-electron chi connectivity index (χ1n) is 9.40. The fourth-order valence-corrected chi connectivity index (χ4v) is 3.73. The lowest BCUT2D eigenvalue weighted by atomic mass is 9.98. The summed E-state index contributed by atoms with van der Waals surface area (Å²) in [7, 11) is 0. The van der Waals surface area contributed by atoms with Crippen molar-refractivity contribution in [3.8, 4) is 0 Å². The van der Waals surface area contributed by atoms with Crippen molar-refractivity contribution < 1.29 is 9.63 Å². The number of anilines is 2. The predicted octanol–water partition coefficient (Wildman–Crippen LogP) is 5.79. The summed E-state index contributed by atoms with van der Waals surface area (Å²) in [5.41, 5.74) is 4.23. The third kappa shape index (κ3) is 4.97. The molecular weight excluding hydrogens is 433 g/mol. The van der Waals surface area contributed by atoms with Crippen LogP contribution in [0.1, 0.15) is 37.5 Å². The van der Waals surface area contributed by atoms with Crippen LogP contribution in [0, 0.1) is 0 Å². The van der Waals surface area contributed by atoms with Crippen LogP contribution in [0.3, 0.4) is 0 Å². The van der Waals surface area contributed by atoms with E-state index in [-0.39, 0.29) is 6.10 Å². The molecule has 0 aliphatic carbocycles. The van der Waals surface area contributed by atoms with Crippen LogP contribution in [0.25, 0.3) is 0 Å². The molecule has 2 aromatic rings. The van der Waals surface area contributed by atoms with Gasteiger partial charge in [0.2, 0.25) is 0 Å². The Balaban J connectivity index is 1.82. The fraction of sp³-hybridized carbons (Fsp3) is 0.333. The zero-order chi connectivity index (χ0) is 21.0. The Morgan fingerprint density at radius 1 is 1.24 bits per heavy atom. The molecule has 29 heavy (non-hydrogen) atoms. The summed E-state index contributed by atoms with van der Waals surface area (Å²) in [6.45, 7) is 5.95. The van der Waals surface area contributed by atoms with Crippen LogP contribution < -0.4 is 10.2 Å². The van der Waals surface area contributed by atoms with Crippen LogP contribution in [0.15, 0.2) is 47.6 Å². The Labute approximate surface area is 185 Å². The number of oxime groups is 1. The summed E-state index contributed by atoms with van der Waals surface area (Å²) < 4.78 is 0. The normalized spacial score (nSPS) is 15.8. The molecule has 154 valence electrons. The van der Waals surface area contributed by atoms with E-state index in [0.29, 0.717) is 17.1 Å². The Morgan fingerprint density at radius 3 is 2.66 bits per heavy atom. The van der Waals surface area contributed by atoms with Crippen LogP contribution in [-0.2, 0) is 9.63 Å². The van der Waals surface area contributed by atoms with Crippen molar-refractivity contribution in [1.29, 1.82) is 0 Å². The van der Waals surface area contributed by atoms with Gasteiger partial charge in [-0.15, -0.1) is 0 Å². The summed E-state index contributed by atoms with van der Waals surface area (Å²) in [5.74, 6) is -0.477. The Kier molecular flexibility index (Phi) is 7.28. The van der Waals surface area contributed by atoms with E-state index < -0.39 is 10.7 Å². The molecule has 0 bridgehead atoms. The maximum atomic E-state index is 11.7. The molecule has 1 unspecified atom stereocenters. The van der Waals surface area contributed by atoms with Gasteiger partial charge >= 0.3 is 0 Å². The van der Waals surface area contributed by atoms with Crippen molar-refractivity contribution in [2.75, 3.05) is 23.3 Å². The molecule has 5 nitrogen and oxygen atoms in total. The number of nitrogens with zero attached hydrogens (tertiary/aromatic N) is 2. The number of carbonyl (C=O) groups excluding carboxylic acids is 1. The van der Waals surface area contributed by atoms with Gasteiger partial charge in [0, 0.05) is 36.4 Å². The number of halogens is 3. The van der Waals surface area contributed by atoms with Gasteiger partial charge in [-0.3, -0.25) is 4.79 Å². The zero-order valence-electron chi connectivity index (χ0n) is 16.2. The van der Waals surface area contributed by atoms with Gasteiger partial charge in [0.15, 0.2) is 10.9 Å². The molecule has 0 saturated heterocycles. The van der Waals surface area contributed by atoms with Gasteiger partial charge in [-0.05, 0) is 43.7 Å².